The Kier molecular flexibility index (Phi) is 4.07. The maximum absolute atomic E-state index is 12.2. The average molecular weight is 392 g/mol. The van der Waals surface area contributed by atoms with Crippen LogP contribution in [0.2, 0.25) is 0 Å². The first-order valence-electron chi connectivity index (χ1n) is 7.81. The van der Waals surface area contributed by atoms with Crippen LogP contribution in [0.4, 0.5) is 5.69 Å². The van der Waals surface area contributed by atoms with Crippen LogP contribution in [0.3, 0.4) is 0 Å². The number of imidazole rings is 1. The highest BCUT2D eigenvalue weighted by Crippen LogP contribution is 2.24. The third-order valence-corrected chi connectivity index (χ3v) is 4.39. The van der Waals surface area contributed by atoms with Gasteiger partial charge in [-0.15, -0.1) is 0 Å². The average Bonchev–Trinajstić information content (AvgIpc) is 3.06. The molecule has 122 valence electrons. The van der Waals surface area contributed by atoms with Crippen LogP contribution in [-0.4, -0.2) is 15.9 Å². The summed E-state index contributed by atoms with van der Waals surface area (Å²) in [5.74, 6) is 0.677. The molecule has 1 aromatic heterocycles. The van der Waals surface area contributed by atoms with Gasteiger partial charge in [-0.25, -0.2) is 4.98 Å². The summed E-state index contributed by atoms with van der Waals surface area (Å²) < 4.78 is 1.01. The number of hydrogen-bond acceptors (Lipinski definition) is 2. The Morgan fingerprint density at radius 2 is 1.72 bits per heavy atom. The fourth-order valence-corrected chi connectivity index (χ4v) is 2.98. The van der Waals surface area contributed by atoms with E-state index in [1.807, 2.05) is 60.7 Å². The van der Waals surface area contributed by atoms with E-state index in [1.165, 1.54) is 0 Å². The number of fused-ring (bicyclic) bond motifs is 1. The van der Waals surface area contributed by atoms with Crippen molar-refractivity contribution in [1.82, 2.24) is 9.97 Å². The zero-order valence-corrected chi connectivity index (χ0v) is 14.7. The first kappa shape index (κ1) is 15.6. The number of carbonyl (C=O) groups excluding carboxylic acids is 1. The van der Waals surface area contributed by atoms with Crippen molar-refractivity contribution in [1.29, 1.82) is 0 Å². The summed E-state index contributed by atoms with van der Waals surface area (Å²) in [7, 11) is 0. The molecule has 0 atom stereocenters. The Bertz CT molecular complexity index is 1040. The van der Waals surface area contributed by atoms with Crippen molar-refractivity contribution >= 4 is 38.6 Å². The molecular weight excluding hydrogens is 378 g/mol. The van der Waals surface area contributed by atoms with Crippen molar-refractivity contribution in [3.05, 3.63) is 82.8 Å². The topological polar surface area (TPSA) is 57.8 Å². The number of aromatic amines is 1. The highest BCUT2D eigenvalue weighted by atomic mass is 79.9. The summed E-state index contributed by atoms with van der Waals surface area (Å²) in [6, 6.07) is 22.7. The molecule has 0 fully saturated rings. The number of anilines is 1. The van der Waals surface area contributed by atoms with Gasteiger partial charge in [0.1, 0.15) is 5.82 Å². The summed E-state index contributed by atoms with van der Waals surface area (Å²) in [4.78, 5) is 20.1. The lowest BCUT2D eigenvalue weighted by atomic mass is 10.1. The van der Waals surface area contributed by atoms with Crippen molar-refractivity contribution in [2.75, 3.05) is 5.32 Å². The summed E-state index contributed by atoms with van der Waals surface area (Å²) in [6.45, 7) is 0. The first-order valence-corrected chi connectivity index (χ1v) is 8.60. The van der Waals surface area contributed by atoms with Crippen molar-refractivity contribution in [2.45, 2.75) is 0 Å². The van der Waals surface area contributed by atoms with Crippen LogP contribution in [0.25, 0.3) is 22.4 Å². The van der Waals surface area contributed by atoms with E-state index >= 15 is 0 Å². The summed E-state index contributed by atoms with van der Waals surface area (Å²) in [6.07, 6.45) is 0. The van der Waals surface area contributed by atoms with Gasteiger partial charge in [-0.2, -0.15) is 0 Å². The molecule has 0 aliphatic carbocycles. The van der Waals surface area contributed by atoms with Gasteiger partial charge in [0, 0.05) is 21.3 Å². The predicted octanol–water partition coefficient (Wildman–Crippen LogP) is 5.24. The quantitative estimate of drug-likeness (QED) is 0.501. The van der Waals surface area contributed by atoms with E-state index in [1.54, 1.807) is 12.1 Å². The number of nitrogens with zero attached hydrogens (tertiary/aromatic N) is 1. The van der Waals surface area contributed by atoms with Crippen LogP contribution in [-0.2, 0) is 0 Å². The lowest BCUT2D eigenvalue weighted by Crippen LogP contribution is -2.11. The molecule has 0 saturated heterocycles. The number of H-pyrrole nitrogens is 1. The molecule has 3 aromatic carbocycles. The van der Waals surface area contributed by atoms with Gasteiger partial charge in [-0.3, -0.25) is 4.79 Å². The van der Waals surface area contributed by atoms with Crippen LogP contribution in [0.15, 0.2) is 77.3 Å². The number of halogens is 1. The summed E-state index contributed by atoms with van der Waals surface area (Å²) in [5.41, 5.74) is 4.24. The number of amides is 1. The normalized spacial score (nSPS) is 10.8. The monoisotopic (exact) mass is 391 g/mol. The highest BCUT2D eigenvalue weighted by Gasteiger charge is 2.08. The zero-order valence-electron chi connectivity index (χ0n) is 13.2. The molecule has 0 saturated carbocycles. The van der Waals surface area contributed by atoms with Gasteiger partial charge in [-0.05, 0) is 54.6 Å². The number of rotatable bonds is 3. The van der Waals surface area contributed by atoms with E-state index < -0.39 is 0 Å². The summed E-state index contributed by atoms with van der Waals surface area (Å²) in [5, 5.41) is 2.90. The molecule has 5 heteroatoms. The molecule has 1 heterocycles. The maximum atomic E-state index is 12.2. The van der Waals surface area contributed by atoms with Crippen LogP contribution >= 0.6 is 15.9 Å². The molecule has 1 amide bonds. The molecule has 0 aliphatic rings. The molecule has 4 aromatic rings. The standard InChI is InChI=1S/C20H14BrN3O/c21-15-8-11-17-18(12-15)24-19(23-17)13-6-9-16(10-7-13)22-20(25)14-4-2-1-3-5-14/h1-12H,(H,22,25)(H,23,24). The van der Waals surface area contributed by atoms with Gasteiger partial charge in [0.25, 0.3) is 5.91 Å². The van der Waals surface area contributed by atoms with Crippen molar-refractivity contribution < 1.29 is 4.79 Å². The Hall–Kier alpha value is -2.92. The molecule has 0 spiro atoms. The van der Waals surface area contributed by atoms with Crippen LogP contribution in [0.1, 0.15) is 10.4 Å². The van der Waals surface area contributed by atoms with Gasteiger partial charge < -0.3 is 10.3 Å². The zero-order chi connectivity index (χ0) is 17.2. The number of aromatic nitrogens is 2. The maximum Gasteiger partial charge on any atom is 0.255 e. The fourth-order valence-electron chi connectivity index (χ4n) is 2.62. The van der Waals surface area contributed by atoms with Gasteiger partial charge in [0.15, 0.2) is 0 Å². The van der Waals surface area contributed by atoms with Gasteiger partial charge in [-0.1, -0.05) is 34.1 Å². The van der Waals surface area contributed by atoms with Gasteiger partial charge in [0.2, 0.25) is 0 Å². The first-order chi connectivity index (χ1) is 12.2. The molecule has 0 unspecified atom stereocenters. The number of carbonyl (C=O) groups is 1. The molecule has 25 heavy (non-hydrogen) atoms. The second-order valence-electron chi connectivity index (χ2n) is 5.64. The minimum Gasteiger partial charge on any atom is -0.338 e. The Morgan fingerprint density at radius 1 is 0.960 bits per heavy atom. The second-order valence-corrected chi connectivity index (χ2v) is 6.56. The minimum absolute atomic E-state index is 0.123. The van der Waals surface area contributed by atoms with E-state index in [-0.39, 0.29) is 5.91 Å². The largest absolute Gasteiger partial charge is 0.338 e. The molecule has 4 nitrogen and oxygen atoms in total. The van der Waals surface area contributed by atoms with E-state index in [0.717, 1.165) is 32.6 Å². The molecule has 4 rings (SSSR count). The van der Waals surface area contributed by atoms with Crippen molar-refractivity contribution in [3.63, 3.8) is 0 Å². The molecule has 0 aliphatic heterocycles. The lowest BCUT2D eigenvalue weighted by molar-refractivity contribution is 0.102. The minimum atomic E-state index is -0.123. The van der Waals surface area contributed by atoms with E-state index in [2.05, 4.69) is 31.2 Å². The predicted molar refractivity (Wildman–Crippen MR) is 104 cm³/mol. The number of nitrogens with one attached hydrogen (secondary N) is 2. The van der Waals surface area contributed by atoms with Crippen LogP contribution < -0.4 is 5.32 Å². The lowest BCUT2D eigenvalue weighted by Gasteiger charge is -2.05. The fraction of sp³-hybridized carbons (Fsp3) is 0. The van der Waals surface area contributed by atoms with Crippen molar-refractivity contribution in [3.8, 4) is 11.4 Å². The third kappa shape index (κ3) is 3.32. The molecule has 0 bridgehead atoms. The molecule has 2 N–H and O–H groups in total. The Labute approximate surface area is 153 Å². The van der Waals surface area contributed by atoms with Crippen molar-refractivity contribution in [2.24, 2.45) is 0 Å². The SMILES string of the molecule is O=C(Nc1ccc(-c2nc3ccc(Br)cc3[nH]2)cc1)c1ccccc1. The highest BCUT2D eigenvalue weighted by molar-refractivity contribution is 9.10. The summed E-state index contributed by atoms with van der Waals surface area (Å²) >= 11 is 3.46. The molecule has 0 radical (unpaired) electrons. The number of hydrogen-bond donors (Lipinski definition) is 2. The number of benzene rings is 3. The smallest absolute Gasteiger partial charge is 0.255 e. The second kappa shape index (κ2) is 6.53. The van der Waals surface area contributed by atoms with Gasteiger partial charge >= 0.3 is 0 Å². The Morgan fingerprint density at radius 3 is 2.48 bits per heavy atom. The van der Waals surface area contributed by atoms with Crippen LogP contribution in [0.5, 0.6) is 0 Å². The van der Waals surface area contributed by atoms with Crippen LogP contribution in [0, 0.1) is 0 Å². The Balaban J connectivity index is 1.56. The van der Waals surface area contributed by atoms with E-state index in [4.69, 9.17) is 0 Å². The third-order valence-electron chi connectivity index (χ3n) is 3.90. The molecular formula is C20H14BrN3O. The van der Waals surface area contributed by atoms with E-state index in [0.29, 0.717) is 5.56 Å². The van der Waals surface area contributed by atoms with Gasteiger partial charge in [0.05, 0.1) is 11.0 Å². The van der Waals surface area contributed by atoms with E-state index in [9.17, 15) is 4.79 Å².